The van der Waals surface area contributed by atoms with E-state index in [1.807, 2.05) is 5.10 Å². The summed E-state index contributed by atoms with van der Waals surface area (Å²) in [7, 11) is -3.54. The molecule has 0 aliphatic carbocycles. The highest BCUT2D eigenvalue weighted by atomic mass is 32.2. The van der Waals surface area contributed by atoms with Crippen LogP contribution in [0.25, 0.3) is 0 Å². The number of aromatic amines is 1. The van der Waals surface area contributed by atoms with Gasteiger partial charge < -0.3 is 0 Å². The fourth-order valence-corrected chi connectivity index (χ4v) is 2.61. The van der Waals surface area contributed by atoms with E-state index in [0.29, 0.717) is 0 Å². The molecule has 0 saturated carbocycles. The Hall–Kier alpha value is -1.24. The molecule has 0 bridgehead atoms. The van der Waals surface area contributed by atoms with Crippen LogP contribution >= 0.6 is 0 Å². The van der Waals surface area contributed by atoms with Gasteiger partial charge in [0.2, 0.25) is 0 Å². The number of hydrogen-bond acceptors (Lipinski definition) is 5. The highest BCUT2D eigenvalue weighted by Crippen LogP contribution is 2.07. The summed E-state index contributed by atoms with van der Waals surface area (Å²) in [6.45, 7) is 3.53. The van der Waals surface area contributed by atoms with Crippen LogP contribution in [0.4, 0.5) is 0 Å². The molecule has 7 heteroatoms. The Morgan fingerprint density at radius 2 is 2.14 bits per heavy atom. The van der Waals surface area contributed by atoms with E-state index in [-0.39, 0.29) is 16.6 Å². The van der Waals surface area contributed by atoms with Crippen molar-refractivity contribution in [1.82, 2.24) is 15.4 Å². The van der Waals surface area contributed by atoms with Gasteiger partial charge in [0.25, 0.3) is 5.56 Å². The average Bonchev–Trinajstić information content (AvgIpc) is 2.02. The zero-order valence-electron chi connectivity index (χ0n) is 7.89. The first-order valence-electron chi connectivity index (χ1n) is 4.06. The largest absolute Gasteiger partial charge is 0.285 e. The van der Waals surface area contributed by atoms with Crippen LogP contribution in [0.2, 0.25) is 0 Å². The van der Waals surface area contributed by atoms with E-state index >= 15 is 0 Å². The molecule has 1 N–H and O–H groups in total. The van der Waals surface area contributed by atoms with Gasteiger partial charge in [-0.25, -0.2) is 13.5 Å². The number of H-pyrrole nitrogens is 1. The smallest absolute Gasteiger partial charge is 0.266 e. The van der Waals surface area contributed by atoms with Crippen LogP contribution < -0.4 is 5.56 Å². The third kappa shape index (κ3) is 2.38. The van der Waals surface area contributed by atoms with Crippen LogP contribution in [0.5, 0.6) is 0 Å². The Balaban J connectivity index is 3.18. The van der Waals surface area contributed by atoms with Crippen LogP contribution in [0.15, 0.2) is 15.9 Å². The lowest BCUT2D eigenvalue weighted by Crippen LogP contribution is -2.23. The Kier molecular flexibility index (Phi) is 3.00. The summed E-state index contributed by atoms with van der Waals surface area (Å²) in [4.78, 5) is 10.8. The molecule has 1 rings (SSSR count). The van der Waals surface area contributed by atoms with Crippen LogP contribution in [-0.4, -0.2) is 29.6 Å². The molecule has 0 spiro atoms. The number of nitrogens with one attached hydrogen (secondary N) is 1. The third-order valence-electron chi connectivity index (χ3n) is 1.50. The molecule has 0 radical (unpaired) electrons. The molecule has 0 aliphatic heterocycles. The Bertz CT molecular complexity index is 463. The lowest BCUT2D eigenvalue weighted by Gasteiger charge is -2.04. The van der Waals surface area contributed by atoms with Crippen molar-refractivity contribution in [3.63, 3.8) is 0 Å². The lowest BCUT2D eigenvalue weighted by atomic mass is 10.3. The van der Waals surface area contributed by atoms with Gasteiger partial charge in [-0.2, -0.15) is 0 Å². The third-order valence-corrected chi connectivity index (χ3v) is 3.56. The second-order valence-electron chi connectivity index (χ2n) is 3.33. The van der Waals surface area contributed by atoms with E-state index in [1.165, 1.54) is 0 Å². The zero-order chi connectivity index (χ0) is 10.8. The Morgan fingerprint density at radius 1 is 1.50 bits per heavy atom. The van der Waals surface area contributed by atoms with Gasteiger partial charge in [0.1, 0.15) is 0 Å². The van der Waals surface area contributed by atoms with E-state index in [1.54, 1.807) is 13.8 Å². The van der Waals surface area contributed by atoms with Gasteiger partial charge >= 0.3 is 0 Å². The molecule has 1 aromatic rings. The van der Waals surface area contributed by atoms with Crippen molar-refractivity contribution < 1.29 is 8.42 Å². The predicted molar refractivity (Wildman–Crippen MR) is 49.5 cm³/mol. The summed E-state index contributed by atoms with van der Waals surface area (Å²) in [5, 5.41) is 8.50. The monoisotopic (exact) mass is 217 g/mol. The van der Waals surface area contributed by atoms with Crippen molar-refractivity contribution in [3.05, 3.63) is 16.6 Å². The van der Waals surface area contributed by atoms with Gasteiger partial charge in [0.05, 0.1) is 11.9 Å². The van der Waals surface area contributed by atoms with Crippen molar-refractivity contribution in [2.45, 2.75) is 18.7 Å². The molecule has 0 saturated heterocycles. The van der Waals surface area contributed by atoms with E-state index in [4.69, 9.17) is 0 Å². The number of hydrogen-bond donors (Lipinski definition) is 1. The van der Waals surface area contributed by atoms with Crippen LogP contribution in [-0.2, 0) is 9.84 Å². The molecule has 78 valence electrons. The molecule has 0 unspecified atom stereocenters. The van der Waals surface area contributed by atoms with Crippen molar-refractivity contribution in [2.24, 2.45) is 5.92 Å². The molecule has 0 atom stereocenters. The standard InChI is InChI=1S/C7H11N3O3S/c1-5(2)4-14(12,13)6-3-8-10-9-7(6)11/h3,5H,4H2,1-2H3,(H,8,9,11). The minimum Gasteiger partial charge on any atom is -0.266 e. The lowest BCUT2D eigenvalue weighted by molar-refractivity contribution is 0.578. The van der Waals surface area contributed by atoms with Gasteiger partial charge in [-0.15, -0.1) is 5.10 Å². The van der Waals surface area contributed by atoms with E-state index in [9.17, 15) is 13.2 Å². The summed E-state index contributed by atoms with van der Waals surface area (Å²) < 4.78 is 23.2. The number of rotatable bonds is 3. The van der Waals surface area contributed by atoms with Gasteiger partial charge in [-0.1, -0.05) is 19.1 Å². The van der Waals surface area contributed by atoms with Gasteiger partial charge in [-0.05, 0) is 5.92 Å². The molecule has 0 aromatic carbocycles. The highest BCUT2D eigenvalue weighted by molar-refractivity contribution is 7.91. The molecule has 0 aliphatic rings. The molecule has 14 heavy (non-hydrogen) atoms. The molecule has 0 fully saturated rings. The SMILES string of the molecule is CC(C)CS(=O)(=O)c1cnn[nH]c1=O. The van der Waals surface area contributed by atoms with Crippen molar-refractivity contribution >= 4 is 9.84 Å². The maximum Gasteiger partial charge on any atom is 0.285 e. The summed E-state index contributed by atoms with van der Waals surface area (Å²) in [5.41, 5.74) is -0.722. The van der Waals surface area contributed by atoms with Crippen LogP contribution in [0, 0.1) is 5.92 Å². The summed E-state index contributed by atoms with van der Waals surface area (Å²) >= 11 is 0. The van der Waals surface area contributed by atoms with Crippen molar-refractivity contribution in [2.75, 3.05) is 5.75 Å². The maximum absolute atomic E-state index is 11.6. The fraction of sp³-hybridized carbons (Fsp3) is 0.571. The van der Waals surface area contributed by atoms with Crippen LogP contribution in [0.3, 0.4) is 0 Å². The van der Waals surface area contributed by atoms with Crippen molar-refractivity contribution in [3.8, 4) is 0 Å². The molecule has 1 aromatic heterocycles. The van der Waals surface area contributed by atoms with E-state index in [2.05, 4.69) is 10.3 Å². The Morgan fingerprint density at radius 3 is 2.64 bits per heavy atom. The van der Waals surface area contributed by atoms with Gasteiger partial charge in [-0.3, -0.25) is 4.79 Å². The quantitative estimate of drug-likeness (QED) is 0.743. The Labute approximate surface area is 81.3 Å². The molecular formula is C7H11N3O3S. The molecule has 6 nitrogen and oxygen atoms in total. The topological polar surface area (TPSA) is 92.8 Å². The second kappa shape index (κ2) is 3.87. The van der Waals surface area contributed by atoms with Gasteiger partial charge in [0.15, 0.2) is 14.7 Å². The summed E-state index contributed by atoms with van der Waals surface area (Å²) in [6.07, 6.45) is 0.969. The van der Waals surface area contributed by atoms with Crippen molar-refractivity contribution in [1.29, 1.82) is 0 Å². The zero-order valence-corrected chi connectivity index (χ0v) is 8.71. The molecular weight excluding hydrogens is 206 g/mol. The molecule has 1 heterocycles. The normalized spacial score (nSPS) is 11.9. The van der Waals surface area contributed by atoms with Crippen LogP contribution in [0.1, 0.15) is 13.8 Å². The fourth-order valence-electron chi connectivity index (χ4n) is 1.02. The number of sulfone groups is 1. The van der Waals surface area contributed by atoms with E-state index in [0.717, 1.165) is 6.20 Å². The maximum atomic E-state index is 11.6. The summed E-state index contributed by atoms with van der Waals surface area (Å²) in [5.74, 6) is -0.102. The minimum absolute atomic E-state index is 0.0347. The second-order valence-corrected chi connectivity index (χ2v) is 5.33. The first-order chi connectivity index (χ1) is 6.43. The molecule has 0 amide bonds. The minimum atomic E-state index is -3.54. The first kappa shape index (κ1) is 10.8. The van der Waals surface area contributed by atoms with E-state index < -0.39 is 15.4 Å². The number of aromatic nitrogens is 3. The highest BCUT2D eigenvalue weighted by Gasteiger charge is 2.20. The first-order valence-corrected chi connectivity index (χ1v) is 5.72. The predicted octanol–water partition coefficient (Wildman–Crippen LogP) is -0.405. The average molecular weight is 217 g/mol. The van der Waals surface area contributed by atoms with Gasteiger partial charge in [0, 0.05) is 0 Å². The number of nitrogens with zero attached hydrogens (tertiary/aromatic N) is 2. The summed E-state index contributed by atoms with van der Waals surface area (Å²) in [6, 6.07) is 0.